The molecule has 0 N–H and O–H groups in total. The number of methoxy groups -OCH3 is 2. The number of ether oxygens (including phenoxy) is 3. The van der Waals surface area contributed by atoms with Crippen LogP contribution in [0.1, 0.15) is 78.1 Å². The van der Waals surface area contributed by atoms with Crippen LogP contribution in [0.5, 0.6) is 0 Å². The molecule has 23 heavy (non-hydrogen) atoms. The van der Waals surface area contributed by atoms with E-state index in [1.54, 1.807) is 21.1 Å². The van der Waals surface area contributed by atoms with E-state index in [0.717, 1.165) is 25.7 Å². The maximum atomic E-state index is 11.3. The van der Waals surface area contributed by atoms with Crippen molar-refractivity contribution < 1.29 is 19.0 Å². The average molecular weight is 328 g/mol. The van der Waals surface area contributed by atoms with Crippen molar-refractivity contribution in [2.75, 3.05) is 20.8 Å². The third kappa shape index (κ3) is 10.5. The Morgan fingerprint density at radius 1 is 0.913 bits per heavy atom. The molecular weight excluding hydrogens is 292 g/mol. The Balaban J connectivity index is 3.95. The van der Waals surface area contributed by atoms with Crippen LogP contribution in [-0.2, 0) is 19.0 Å². The predicted octanol–water partition coefficient (Wildman–Crippen LogP) is 5.02. The fraction of sp³-hybridized carbons (Fsp3) is 0.842. The standard InChI is InChI=1S/C19H36O4/c1-6-7-8-9-10-11-12-14-19(21-4,22-5)15-13-16-23-18(20)17(2)3/h2,6-16H2,1,3-5H3. The molecule has 0 bridgehead atoms. The van der Waals surface area contributed by atoms with Crippen LogP contribution in [0.4, 0.5) is 0 Å². The Hall–Kier alpha value is -0.870. The monoisotopic (exact) mass is 328 g/mol. The van der Waals surface area contributed by atoms with Gasteiger partial charge >= 0.3 is 5.97 Å². The van der Waals surface area contributed by atoms with E-state index < -0.39 is 5.79 Å². The molecule has 0 aromatic rings. The first-order valence-electron chi connectivity index (χ1n) is 8.94. The highest BCUT2D eigenvalue weighted by molar-refractivity contribution is 5.86. The van der Waals surface area contributed by atoms with Gasteiger partial charge in [-0.2, -0.15) is 0 Å². The number of rotatable bonds is 15. The number of hydrogen-bond donors (Lipinski definition) is 0. The van der Waals surface area contributed by atoms with E-state index in [0.29, 0.717) is 12.2 Å². The highest BCUT2D eigenvalue weighted by atomic mass is 16.7. The van der Waals surface area contributed by atoms with Gasteiger partial charge in [-0.3, -0.25) is 0 Å². The minimum absolute atomic E-state index is 0.336. The van der Waals surface area contributed by atoms with Crippen LogP contribution >= 0.6 is 0 Å². The first kappa shape index (κ1) is 22.1. The first-order chi connectivity index (χ1) is 11.0. The van der Waals surface area contributed by atoms with Gasteiger partial charge in [-0.15, -0.1) is 0 Å². The molecule has 0 aliphatic heterocycles. The Morgan fingerprint density at radius 2 is 1.43 bits per heavy atom. The van der Waals surface area contributed by atoms with Crippen LogP contribution < -0.4 is 0 Å². The molecule has 0 heterocycles. The molecule has 0 radical (unpaired) electrons. The Kier molecular flexibility index (Phi) is 13.0. The lowest BCUT2D eigenvalue weighted by molar-refractivity contribution is -0.217. The first-order valence-corrected chi connectivity index (χ1v) is 8.94. The van der Waals surface area contributed by atoms with E-state index in [4.69, 9.17) is 14.2 Å². The summed E-state index contributed by atoms with van der Waals surface area (Å²) in [5.74, 6) is -0.892. The largest absolute Gasteiger partial charge is 0.462 e. The lowest BCUT2D eigenvalue weighted by atomic mass is 10.0. The van der Waals surface area contributed by atoms with Gasteiger partial charge < -0.3 is 14.2 Å². The molecule has 0 aliphatic rings. The summed E-state index contributed by atoms with van der Waals surface area (Å²) in [6, 6.07) is 0. The Morgan fingerprint density at radius 3 is 1.96 bits per heavy atom. The molecule has 0 amide bonds. The third-order valence-electron chi connectivity index (χ3n) is 4.19. The second-order valence-corrected chi connectivity index (χ2v) is 6.21. The Bertz CT molecular complexity index is 321. The van der Waals surface area contributed by atoms with Gasteiger partial charge in [0.15, 0.2) is 5.79 Å². The Labute approximate surface area is 142 Å². The van der Waals surface area contributed by atoms with Crippen LogP contribution in [0.3, 0.4) is 0 Å². The molecule has 4 nitrogen and oxygen atoms in total. The average Bonchev–Trinajstić information content (AvgIpc) is 2.55. The smallest absolute Gasteiger partial charge is 0.333 e. The number of unbranched alkanes of at least 4 members (excludes halogenated alkanes) is 6. The fourth-order valence-electron chi connectivity index (χ4n) is 2.60. The quantitative estimate of drug-likeness (QED) is 0.183. The van der Waals surface area contributed by atoms with Gasteiger partial charge in [0.25, 0.3) is 0 Å². The van der Waals surface area contributed by atoms with Crippen LogP contribution in [0.15, 0.2) is 12.2 Å². The van der Waals surface area contributed by atoms with E-state index >= 15 is 0 Å². The van der Waals surface area contributed by atoms with Crippen molar-refractivity contribution in [3.63, 3.8) is 0 Å². The van der Waals surface area contributed by atoms with Gasteiger partial charge in [0, 0.05) is 32.6 Å². The minimum Gasteiger partial charge on any atom is -0.462 e. The second-order valence-electron chi connectivity index (χ2n) is 6.21. The summed E-state index contributed by atoms with van der Waals surface area (Å²) in [7, 11) is 3.37. The normalized spacial score (nSPS) is 11.5. The molecule has 4 heteroatoms. The number of hydrogen-bond acceptors (Lipinski definition) is 4. The number of carbonyl (C=O) groups is 1. The van der Waals surface area contributed by atoms with Crippen molar-refractivity contribution in [1.82, 2.24) is 0 Å². The van der Waals surface area contributed by atoms with Crippen LogP contribution in [0.2, 0.25) is 0 Å². The minimum atomic E-state index is -0.556. The van der Waals surface area contributed by atoms with Gasteiger partial charge in [-0.1, -0.05) is 52.0 Å². The summed E-state index contributed by atoms with van der Waals surface area (Å²) < 4.78 is 16.3. The zero-order chi connectivity index (χ0) is 17.6. The summed E-state index contributed by atoms with van der Waals surface area (Å²) in [6.45, 7) is 7.83. The molecule has 0 atom stereocenters. The van der Waals surface area contributed by atoms with Crippen molar-refractivity contribution in [1.29, 1.82) is 0 Å². The van der Waals surface area contributed by atoms with Crippen molar-refractivity contribution in [3.05, 3.63) is 12.2 Å². The van der Waals surface area contributed by atoms with Gasteiger partial charge in [0.2, 0.25) is 0 Å². The molecular formula is C19H36O4. The lowest BCUT2D eigenvalue weighted by Crippen LogP contribution is -2.34. The van der Waals surface area contributed by atoms with E-state index in [1.165, 1.54) is 38.5 Å². The van der Waals surface area contributed by atoms with Gasteiger partial charge in [-0.25, -0.2) is 4.79 Å². The molecule has 0 aliphatic carbocycles. The van der Waals surface area contributed by atoms with Crippen molar-refractivity contribution in [3.8, 4) is 0 Å². The SMILES string of the molecule is C=C(C)C(=O)OCCCC(CCCCCCCCC)(OC)OC. The molecule has 0 spiro atoms. The highest BCUT2D eigenvalue weighted by Gasteiger charge is 2.28. The molecule has 0 aromatic heterocycles. The van der Waals surface area contributed by atoms with Crippen LogP contribution in [0, 0.1) is 0 Å². The molecule has 0 rings (SSSR count). The fourth-order valence-corrected chi connectivity index (χ4v) is 2.60. The van der Waals surface area contributed by atoms with Crippen LogP contribution in [-0.4, -0.2) is 32.6 Å². The van der Waals surface area contributed by atoms with E-state index in [2.05, 4.69) is 13.5 Å². The zero-order valence-electron chi connectivity index (χ0n) is 15.6. The molecule has 0 unspecified atom stereocenters. The topological polar surface area (TPSA) is 44.8 Å². The molecule has 0 saturated heterocycles. The lowest BCUT2D eigenvalue weighted by Gasteiger charge is -2.31. The summed E-state index contributed by atoms with van der Waals surface area (Å²) in [5, 5.41) is 0. The van der Waals surface area contributed by atoms with E-state index in [9.17, 15) is 4.79 Å². The molecule has 0 aromatic carbocycles. The predicted molar refractivity (Wildman–Crippen MR) is 94.4 cm³/mol. The maximum Gasteiger partial charge on any atom is 0.333 e. The summed E-state index contributed by atoms with van der Waals surface area (Å²) >= 11 is 0. The highest BCUT2D eigenvalue weighted by Crippen LogP contribution is 2.26. The summed E-state index contributed by atoms with van der Waals surface area (Å²) in [5.41, 5.74) is 0.429. The van der Waals surface area contributed by atoms with Crippen molar-refractivity contribution >= 4 is 5.97 Å². The molecule has 0 fully saturated rings. The third-order valence-corrected chi connectivity index (χ3v) is 4.19. The van der Waals surface area contributed by atoms with Gasteiger partial charge in [0.1, 0.15) is 0 Å². The number of esters is 1. The zero-order valence-corrected chi connectivity index (χ0v) is 15.6. The van der Waals surface area contributed by atoms with Gasteiger partial charge in [0.05, 0.1) is 6.61 Å². The van der Waals surface area contributed by atoms with E-state index in [1.807, 2.05) is 0 Å². The van der Waals surface area contributed by atoms with Crippen molar-refractivity contribution in [2.45, 2.75) is 83.8 Å². The van der Waals surface area contributed by atoms with E-state index in [-0.39, 0.29) is 5.97 Å². The summed E-state index contributed by atoms with van der Waals surface area (Å²) in [4.78, 5) is 11.3. The second kappa shape index (κ2) is 13.6. The number of carbonyl (C=O) groups excluding carboxylic acids is 1. The molecule has 0 saturated carbocycles. The summed E-state index contributed by atoms with van der Waals surface area (Å²) in [6.07, 6.45) is 11.2. The maximum absolute atomic E-state index is 11.3. The molecule has 136 valence electrons. The van der Waals surface area contributed by atoms with Gasteiger partial charge in [-0.05, 0) is 19.8 Å². The van der Waals surface area contributed by atoms with Crippen LogP contribution in [0.25, 0.3) is 0 Å². The van der Waals surface area contributed by atoms with Crippen molar-refractivity contribution in [2.24, 2.45) is 0 Å².